The molecular formula is C18H17N5O2. The van der Waals surface area contributed by atoms with Crippen LogP contribution in [0.1, 0.15) is 17.3 Å². The number of para-hydroxylation sites is 2. The van der Waals surface area contributed by atoms with E-state index >= 15 is 0 Å². The predicted octanol–water partition coefficient (Wildman–Crippen LogP) is 3.54. The van der Waals surface area contributed by atoms with Crippen molar-refractivity contribution in [1.82, 2.24) is 15.2 Å². The lowest BCUT2D eigenvalue weighted by molar-refractivity contribution is 0.0527. The normalized spacial score (nSPS) is 10.1. The topological polar surface area (TPSA) is 89.0 Å². The summed E-state index contributed by atoms with van der Waals surface area (Å²) in [5.41, 5.74) is 1.86. The van der Waals surface area contributed by atoms with Crippen LogP contribution in [0.5, 0.6) is 0 Å². The molecule has 0 aliphatic rings. The third-order valence-electron chi connectivity index (χ3n) is 3.27. The molecule has 126 valence electrons. The van der Waals surface area contributed by atoms with E-state index in [0.717, 1.165) is 5.69 Å². The Morgan fingerprint density at radius 3 is 2.60 bits per heavy atom. The minimum atomic E-state index is -0.405. The Bertz CT molecular complexity index is 855. The van der Waals surface area contributed by atoms with Crippen molar-refractivity contribution in [2.75, 3.05) is 17.2 Å². The number of aromatic nitrogens is 3. The van der Waals surface area contributed by atoms with Crippen molar-refractivity contribution in [3.8, 4) is 0 Å². The number of nitrogens with zero attached hydrogens (tertiary/aromatic N) is 3. The van der Waals surface area contributed by atoms with Gasteiger partial charge < -0.3 is 15.4 Å². The molecule has 0 saturated carbocycles. The fraction of sp³-hybridized carbons (Fsp3) is 0.111. The zero-order valence-corrected chi connectivity index (χ0v) is 13.6. The highest BCUT2D eigenvalue weighted by molar-refractivity contribution is 5.96. The number of nitrogens with one attached hydrogen (secondary N) is 2. The summed E-state index contributed by atoms with van der Waals surface area (Å²) >= 11 is 0. The van der Waals surface area contributed by atoms with E-state index in [1.54, 1.807) is 25.1 Å². The number of benzene rings is 2. The summed E-state index contributed by atoms with van der Waals surface area (Å²) in [5.74, 6) is 0.409. The van der Waals surface area contributed by atoms with Crippen molar-refractivity contribution in [3.05, 3.63) is 66.4 Å². The Balaban J connectivity index is 1.80. The van der Waals surface area contributed by atoms with E-state index in [-0.39, 0.29) is 5.95 Å². The van der Waals surface area contributed by atoms with Crippen molar-refractivity contribution in [1.29, 1.82) is 0 Å². The largest absolute Gasteiger partial charge is 0.462 e. The molecule has 0 amide bonds. The van der Waals surface area contributed by atoms with Crippen molar-refractivity contribution >= 4 is 29.1 Å². The predicted molar refractivity (Wildman–Crippen MR) is 95.2 cm³/mol. The molecule has 0 aliphatic carbocycles. The van der Waals surface area contributed by atoms with Crippen molar-refractivity contribution in [3.63, 3.8) is 0 Å². The van der Waals surface area contributed by atoms with E-state index in [1.807, 2.05) is 36.4 Å². The second-order valence-electron chi connectivity index (χ2n) is 5.05. The van der Waals surface area contributed by atoms with Crippen LogP contribution >= 0.6 is 0 Å². The average Bonchev–Trinajstić information content (AvgIpc) is 2.63. The van der Waals surface area contributed by atoms with Crippen LogP contribution in [-0.4, -0.2) is 27.8 Å². The van der Waals surface area contributed by atoms with Crippen LogP contribution in [0.3, 0.4) is 0 Å². The Labute approximate surface area is 145 Å². The average molecular weight is 335 g/mol. The van der Waals surface area contributed by atoms with E-state index < -0.39 is 5.97 Å². The lowest BCUT2D eigenvalue weighted by atomic mass is 10.2. The molecule has 2 N–H and O–H groups in total. The van der Waals surface area contributed by atoms with Gasteiger partial charge in [-0.15, -0.1) is 5.10 Å². The summed E-state index contributed by atoms with van der Waals surface area (Å²) in [6, 6.07) is 16.6. The first-order chi connectivity index (χ1) is 12.3. The Morgan fingerprint density at radius 1 is 1.04 bits per heavy atom. The Kier molecular flexibility index (Phi) is 5.16. The highest BCUT2D eigenvalue weighted by Gasteiger charge is 2.13. The highest BCUT2D eigenvalue weighted by Crippen LogP contribution is 2.20. The number of anilines is 4. The maximum Gasteiger partial charge on any atom is 0.340 e. The lowest BCUT2D eigenvalue weighted by Gasteiger charge is -2.10. The molecule has 25 heavy (non-hydrogen) atoms. The highest BCUT2D eigenvalue weighted by atomic mass is 16.5. The number of esters is 1. The number of hydrogen-bond acceptors (Lipinski definition) is 7. The molecule has 7 heteroatoms. The van der Waals surface area contributed by atoms with Gasteiger partial charge in [0.15, 0.2) is 5.82 Å². The molecule has 0 spiro atoms. The van der Waals surface area contributed by atoms with Crippen molar-refractivity contribution < 1.29 is 9.53 Å². The summed E-state index contributed by atoms with van der Waals surface area (Å²) in [5, 5.41) is 14.0. The smallest absolute Gasteiger partial charge is 0.340 e. The number of hydrogen-bond donors (Lipinski definition) is 2. The summed E-state index contributed by atoms with van der Waals surface area (Å²) in [7, 11) is 0. The number of carbonyl (C=O) groups excluding carboxylic acids is 1. The van der Waals surface area contributed by atoms with Gasteiger partial charge in [-0.25, -0.2) is 4.79 Å². The minimum Gasteiger partial charge on any atom is -0.462 e. The lowest BCUT2D eigenvalue weighted by Crippen LogP contribution is -2.09. The molecule has 0 aliphatic heterocycles. The Morgan fingerprint density at radius 2 is 1.80 bits per heavy atom. The molecule has 0 bridgehead atoms. The fourth-order valence-electron chi connectivity index (χ4n) is 2.19. The molecule has 0 unspecified atom stereocenters. The van der Waals surface area contributed by atoms with Crippen LogP contribution in [0.25, 0.3) is 0 Å². The van der Waals surface area contributed by atoms with E-state index in [2.05, 4.69) is 25.8 Å². The number of ether oxygens (including phenoxy) is 1. The van der Waals surface area contributed by atoms with Crippen molar-refractivity contribution in [2.24, 2.45) is 0 Å². The monoisotopic (exact) mass is 335 g/mol. The van der Waals surface area contributed by atoms with Gasteiger partial charge in [-0.2, -0.15) is 10.1 Å². The van der Waals surface area contributed by atoms with E-state index in [1.165, 1.54) is 6.20 Å². The van der Waals surface area contributed by atoms with Crippen LogP contribution < -0.4 is 10.6 Å². The second kappa shape index (κ2) is 7.87. The molecule has 0 radical (unpaired) electrons. The zero-order chi connectivity index (χ0) is 17.5. The van der Waals surface area contributed by atoms with Gasteiger partial charge in [-0.05, 0) is 31.2 Å². The van der Waals surface area contributed by atoms with Gasteiger partial charge in [0.25, 0.3) is 0 Å². The van der Waals surface area contributed by atoms with Crippen LogP contribution in [-0.2, 0) is 4.74 Å². The van der Waals surface area contributed by atoms with Gasteiger partial charge in [0.05, 0.1) is 24.1 Å². The van der Waals surface area contributed by atoms with E-state index in [9.17, 15) is 4.79 Å². The van der Waals surface area contributed by atoms with Gasteiger partial charge in [-0.3, -0.25) is 0 Å². The quantitative estimate of drug-likeness (QED) is 0.666. The van der Waals surface area contributed by atoms with Gasteiger partial charge in [0.2, 0.25) is 5.95 Å². The van der Waals surface area contributed by atoms with Gasteiger partial charge in [0, 0.05) is 5.69 Å². The first-order valence-corrected chi connectivity index (χ1v) is 7.81. The molecule has 2 aromatic carbocycles. The summed E-state index contributed by atoms with van der Waals surface area (Å²) in [6.07, 6.45) is 1.52. The summed E-state index contributed by atoms with van der Waals surface area (Å²) < 4.78 is 5.06. The summed E-state index contributed by atoms with van der Waals surface area (Å²) in [4.78, 5) is 16.4. The van der Waals surface area contributed by atoms with Crippen LogP contribution in [0.15, 0.2) is 60.8 Å². The molecule has 7 nitrogen and oxygen atoms in total. The standard InChI is InChI=1S/C18H17N5O2/c1-2-25-17(24)14-10-6-7-11-15(14)21-18-22-16(12-19-23-18)20-13-8-4-3-5-9-13/h3-12H,2H2,1H3,(H2,20,21,22,23). The van der Waals surface area contributed by atoms with Crippen LogP contribution in [0.4, 0.5) is 23.1 Å². The molecular weight excluding hydrogens is 318 g/mol. The minimum absolute atomic E-state index is 0.276. The number of rotatable bonds is 6. The van der Waals surface area contributed by atoms with Gasteiger partial charge >= 0.3 is 5.97 Å². The number of carbonyl (C=O) groups is 1. The molecule has 3 aromatic rings. The summed E-state index contributed by atoms with van der Waals surface area (Å²) in [6.45, 7) is 2.07. The maximum absolute atomic E-state index is 12.0. The third-order valence-corrected chi connectivity index (χ3v) is 3.27. The molecule has 1 heterocycles. The van der Waals surface area contributed by atoms with Crippen LogP contribution in [0.2, 0.25) is 0 Å². The van der Waals surface area contributed by atoms with Crippen molar-refractivity contribution in [2.45, 2.75) is 6.92 Å². The van der Waals surface area contributed by atoms with Crippen LogP contribution in [0, 0.1) is 0 Å². The van der Waals surface area contributed by atoms with E-state index in [0.29, 0.717) is 23.7 Å². The zero-order valence-electron chi connectivity index (χ0n) is 13.6. The van der Waals surface area contributed by atoms with Gasteiger partial charge in [0.1, 0.15) is 0 Å². The maximum atomic E-state index is 12.0. The first-order valence-electron chi connectivity index (χ1n) is 7.81. The third kappa shape index (κ3) is 4.29. The molecule has 3 rings (SSSR count). The van der Waals surface area contributed by atoms with Gasteiger partial charge in [-0.1, -0.05) is 30.3 Å². The van der Waals surface area contributed by atoms with E-state index in [4.69, 9.17) is 4.74 Å². The second-order valence-corrected chi connectivity index (χ2v) is 5.05. The fourth-order valence-corrected chi connectivity index (χ4v) is 2.19. The molecule has 0 atom stereocenters. The molecule has 1 aromatic heterocycles. The first kappa shape index (κ1) is 16.4. The molecule has 0 saturated heterocycles. The SMILES string of the molecule is CCOC(=O)c1ccccc1Nc1nncc(Nc2ccccc2)n1. The molecule has 0 fully saturated rings. The Hall–Kier alpha value is -3.48.